The molecule has 7 rings (SSSR count). The first-order chi connectivity index (χ1) is 21.6. The molecule has 1 aromatic heterocycles. The Balaban J connectivity index is 0.000000462. The van der Waals surface area contributed by atoms with Crippen molar-refractivity contribution in [3.8, 4) is 0 Å². The van der Waals surface area contributed by atoms with Crippen molar-refractivity contribution in [2.75, 3.05) is 18.1 Å². The Kier molecular flexibility index (Phi) is 9.87. The standard InChI is InChI=1S/C34H55NO2S.C2H6.CH3N5/c1-22(2)24(4)33-15-14-31(8)25-9-10-27-30(7)19-23(3)34(27,38-18-12-28(30)36-21-29(5,6)35)26(25)11-13-32(31,20-33)16-17-37-33;1-2;2-1-3-5-6-4-1/h11,16-17,22-25,27-28H,9-10,12-15,18-21,35H2,1-8H3;1-2H3;(H3,2,3,4,5,6)/t23?,24-,25?,27?,28?,30+,31?,32-,33-,34?;;/m1../s1. The van der Waals surface area contributed by atoms with E-state index in [1.54, 1.807) is 0 Å². The second-order valence-corrected chi connectivity index (χ2v) is 18.3. The summed E-state index contributed by atoms with van der Waals surface area (Å²) < 4.78 is 13.6. The van der Waals surface area contributed by atoms with Gasteiger partial charge in [0.15, 0.2) is 0 Å². The number of nitrogens with one attached hydrogen (secondary N) is 1. The van der Waals surface area contributed by atoms with Gasteiger partial charge in [0.25, 0.3) is 5.95 Å². The fraction of sp³-hybridized carbons (Fsp3) is 0.865. The lowest BCUT2D eigenvalue weighted by atomic mass is 9.41. The average molecular weight is 657 g/mol. The Morgan fingerprint density at radius 3 is 2.50 bits per heavy atom. The summed E-state index contributed by atoms with van der Waals surface area (Å²) in [6, 6.07) is 0. The highest BCUT2D eigenvalue weighted by Gasteiger charge is 2.71. The third-order valence-electron chi connectivity index (χ3n) is 13.6. The molecule has 4 fully saturated rings. The molecule has 0 radical (unpaired) electrons. The minimum absolute atomic E-state index is 0.0148. The highest BCUT2D eigenvalue weighted by Crippen LogP contribution is 2.76. The summed E-state index contributed by atoms with van der Waals surface area (Å²) in [6.07, 6.45) is 17.8. The number of tetrazole rings is 1. The van der Waals surface area contributed by atoms with Crippen molar-refractivity contribution in [3.63, 3.8) is 0 Å². The molecule has 4 aliphatic carbocycles. The number of nitrogens with two attached hydrogens (primary N) is 2. The van der Waals surface area contributed by atoms with Gasteiger partial charge in [-0.2, -0.15) is 5.21 Å². The van der Waals surface area contributed by atoms with Gasteiger partial charge < -0.3 is 20.9 Å². The van der Waals surface area contributed by atoms with Crippen molar-refractivity contribution >= 4 is 17.7 Å². The molecule has 1 saturated heterocycles. The van der Waals surface area contributed by atoms with E-state index in [2.05, 4.69) is 106 Å². The molecule has 1 aromatic rings. The van der Waals surface area contributed by atoms with E-state index in [1.807, 2.05) is 19.4 Å². The van der Waals surface area contributed by atoms with Crippen molar-refractivity contribution in [1.82, 2.24) is 20.6 Å². The number of hydrogen-bond acceptors (Lipinski definition) is 8. The molecular weight excluding hydrogens is 593 g/mol. The number of fused-ring (bicyclic) bond motifs is 3. The molecule has 3 heterocycles. The summed E-state index contributed by atoms with van der Waals surface area (Å²) in [5, 5.41) is 12.0. The fourth-order valence-corrected chi connectivity index (χ4v) is 13.1. The van der Waals surface area contributed by atoms with Crippen LogP contribution in [-0.4, -0.2) is 55.0 Å². The fourth-order valence-electron chi connectivity index (χ4n) is 11.1. The second-order valence-electron chi connectivity index (χ2n) is 16.9. The van der Waals surface area contributed by atoms with Gasteiger partial charge in [-0.3, -0.25) is 0 Å². The topological polar surface area (TPSA) is 125 Å². The zero-order valence-electron chi connectivity index (χ0n) is 30.5. The Hall–Kier alpha value is -1.58. The van der Waals surface area contributed by atoms with Gasteiger partial charge in [0.2, 0.25) is 0 Å². The second kappa shape index (κ2) is 12.7. The maximum absolute atomic E-state index is 6.72. The number of H-pyrrole nitrogens is 1. The molecule has 0 amide bonds. The van der Waals surface area contributed by atoms with E-state index in [-0.39, 0.29) is 32.7 Å². The number of thioether (sulfide) groups is 1. The summed E-state index contributed by atoms with van der Waals surface area (Å²) in [5.41, 5.74) is 13.7. The molecule has 5 N–H and O–H groups in total. The SMILES string of the molecule is CC.CC(C)[C@@H](C)[C@]12CCC3(C)C4CCC5C6(SCCC(OCC(C)(C)N)[C@@]5(C)CC6C)C4=CC[C@@]3(C=CO1)C2.Nc1nn[nH]n1. The van der Waals surface area contributed by atoms with Gasteiger partial charge in [-0.25, -0.2) is 0 Å². The van der Waals surface area contributed by atoms with E-state index in [1.165, 1.54) is 50.7 Å². The molecule has 2 aliphatic heterocycles. The number of hydrogen-bond donors (Lipinski definition) is 3. The van der Waals surface area contributed by atoms with Crippen molar-refractivity contribution in [2.24, 2.45) is 51.6 Å². The molecule has 9 heteroatoms. The number of anilines is 1. The van der Waals surface area contributed by atoms with Crippen LogP contribution < -0.4 is 11.5 Å². The number of aromatic amines is 1. The maximum Gasteiger partial charge on any atom is 0.260 e. The minimum Gasteiger partial charge on any atom is -0.495 e. The molecule has 1 spiro atoms. The van der Waals surface area contributed by atoms with Crippen molar-refractivity contribution in [2.45, 2.75) is 143 Å². The zero-order valence-corrected chi connectivity index (χ0v) is 31.3. The quantitative estimate of drug-likeness (QED) is 0.273. The van der Waals surface area contributed by atoms with E-state index in [4.69, 9.17) is 20.9 Å². The van der Waals surface area contributed by atoms with Gasteiger partial charge in [-0.05, 0) is 123 Å². The first kappa shape index (κ1) is 35.7. The minimum atomic E-state index is -0.274. The van der Waals surface area contributed by atoms with E-state index in [9.17, 15) is 0 Å². The summed E-state index contributed by atoms with van der Waals surface area (Å²) in [6.45, 7) is 23.9. The predicted molar refractivity (Wildman–Crippen MR) is 190 cm³/mol. The average Bonchev–Trinajstić information content (AvgIpc) is 3.54. The molecule has 46 heavy (non-hydrogen) atoms. The number of ether oxygens (including phenoxy) is 2. The molecule has 4 bridgehead atoms. The van der Waals surface area contributed by atoms with Gasteiger partial charge in [-0.1, -0.05) is 72.1 Å². The summed E-state index contributed by atoms with van der Waals surface area (Å²) in [7, 11) is 0. The number of aromatic nitrogens is 4. The monoisotopic (exact) mass is 656 g/mol. The molecule has 260 valence electrons. The molecule has 0 aromatic carbocycles. The van der Waals surface area contributed by atoms with Crippen LogP contribution in [0.4, 0.5) is 5.95 Å². The molecule has 8 nitrogen and oxygen atoms in total. The van der Waals surface area contributed by atoms with E-state index >= 15 is 0 Å². The smallest absolute Gasteiger partial charge is 0.260 e. The lowest BCUT2D eigenvalue weighted by molar-refractivity contribution is -0.172. The van der Waals surface area contributed by atoms with Crippen LogP contribution in [0.1, 0.15) is 121 Å². The van der Waals surface area contributed by atoms with Gasteiger partial charge in [-0.15, -0.1) is 16.9 Å². The van der Waals surface area contributed by atoms with Crippen molar-refractivity contribution in [1.29, 1.82) is 0 Å². The van der Waals surface area contributed by atoms with Gasteiger partial charge >= 0.3 is 0 Å². The lowest BCUT2D eigenvalue weighted by Crippen LogP contribution is -2.62. The lowest BCUT2D eigenvalue weighted by Gasteiger charge is -2.67. The van der Waals surface area contributed by atoms with Gasteiger partial charge in [0, 0.05) is 15.7 Å². The molecule has 3 saturated carbocycles. The Morgan fingerprint density at radius 2 is 1.89 bits per heavy atom. The Bertz CT molecular complexity index is 1260. The number of nitrogens with zero attached hydrogens (tertiary/aromatic N) is 3. The first-order valence-electron chi connectivity index (χ1n) is 18.2. The summed E-state index contributed by atoms with van der Waals surface area (Å²) in [5.74, 6) is 4.71. The number of nitrogen functional groups attached to an aromatic ring is 1. The van der Waals surface area contributed by atoms with E-state index in [0.29, 0.717) is 47.7 Å². The molecule has 6 aliphatic rings. The van der Waals surface area contributed by atoms with Gasteiger partial charge in [0.05, 0.1) is 19.0 Å². The largest absolute Gasteiger partial charge is 0.495 e. The Morgan fingerprint density at radius 1 is 1.15 bits per heavy atom. The van der Waals surface area contributed by atoms with Crippen LogP contribution in [0.5, 0.6) is 0 Å². The van der Waals surface area contributed by atoms with Crippen LogP contribution in [0.25, 0.3) is 0 Å². The Labute approximate surface area is 283 Å². The molecule has 6 unspecified atom stereocenters. The summed E-state index contributed by atoms with van der Waals surface area (Å²) >= 11 is 2.33. The molecular formula is C37H64N6O2S. The van der Waals surface area contributed by atoms with Crippen LogP contribution in [-0.2, 0) is 9.47 Å². The van der Waals surface area contributed by atoms with Crippen LogP contribution in [0.15, 0.2) is 24.0 Å². The van der Waals surface area contributed by atoms with Crippen LogP contribution in [0.3, 0.4) is 0 Å². The van der Waals surface area contributed by atoms with Crippen molar-refractivity contribution in [3.05, 3.63) is 24.0 Å². The summed E-state index contributed by atoms with van der Waals surface area (Å²) in [4.78, 5) is 0. The predicted octanol–water partition coefficient (Wildman–Crippen LogP) is 7.95. The third-order valence-corrected chi connectivity index (χ3v) is 15.5. The van der Waals surface area contributed by atoms with E-state index in [0.717, 1.165) is 6.42 Å². The van der Waals surface area contributed by atoms with Crippen molar-refractivity contribution < 1.29 is 9.47 Å². The van der Waals surface area contributed by atoms with Crippen LogP contribution >= 0.6 is 11.8 Å². The number of rotatable bonds is 5. The molecule has 10 atom stereocenters. The first-order valence-corrected chi connectivity index (χ1v) is 19.2. The van der Waals surface area contributed by atoms with Gasteiger partial charge in [0.1, 0.15) is 5.60 Å². The van der Waals surface area contributed by atoms with Crippen LogP contribution in [0, 0.1) is 45.8 Å². The normalized spacial score (nSPS) is 42.8. The highest BCUT2D eigenvalue weighted by atomic mass is 32.2. The number of allylic oxidation sites excluding steroid dienone is 2. The zero-order chi connectivity index (χ0) is 33.8. The third kappa shape index (κ3) is 5.56. The van der Waals surface area contributed by atoms with Crippen LogP contribution in [0.2, 0.25) is 0 Å². The van der Waals surface area contributed by atoms with E-state index < -0.39 is 0 Å². The maximum atomic E-state index is 6.72. The highest BCUT2D eigenvalue weighted by molar-refractivity contribution is 8.00.